The van der Waals surface area contributed by atoms with E-state index in [4.69, 9.17) is 0 Å². The van der Waals surface area contributed by atoms with Crippen molar-refractivity contribution in [2.45, 2.75) is 6.42 Å². The second-order valence-corrected chi connectivity index (χ2v) is 10.6. The van der Waals surface area contributed by atoms with Crippen LogP contribution >= 0.6 is 27.3 Å². The molecule has 0 bridgehead atoms. The molecule has 0 radical (unpaired) electrons. The molecule has 1 saturated heterocycles. The first-order chi connectivity index (χ1) is 17.6. The summed E-state index contributed by atoms with van der Waals surface area (Å²) in [4.78, 5) is 21.3. The lowest BCUT2D eigenvalue weighted by Gasteiger charge is -2.31. The first kappa shape index (κ1) is 24.4. The highest BCUT2D eigenvalue weighted by molar-refractivity contribution is 9.10. The van der Waals surface area contributed by atoms with Gasteiger partial charge in [-0.15, -0.1) is 11.3 Å². The van der Waals surface area contributed by atoms with Crippen molar-refractivity contribution in [2.24, 2.45) is 4.99 Å². The van der Waals surface area contributed by atoms with Gasteiger partial charge in [-0.05, 0) is 52.8 Å². The van der Waals surface area contributed by atoms with Gasteiger partial charge in [0.1, 0.15) is 5.69 Å². The van der Waals surface area contributed by atoms with Gasteiger partial charge < -0.3 is 10.0 Å². The predicted octanol–water partition coefficient (Wildman–Crippen LogP) is 4.60. The van der Waals surface area contributed by atoms with E-state index in [9.17, 15) is 9.90 Å². The number of nitrogens with one attached hydrogen (secondary N) is 1. The van der Waals surface area contributed by atoms with E-state index in [-0.39, 0.29) is 11.7 Å². The van der Waals surface area contributed by atoms with Crippen molar-refractivity contribution in [3.05, 3.63) is 110 Å². The van der Waals surface area contributed by atoms with E-state index in [0.29, 0.717) is 10.0 Å². The lowest BCUT2D eigenvalue weighted by molar-refractivity contribution is -0.837. The first-order valence-corrected chi connectivity index (χ1v) is 13.6. The smallest absolute Gasteiger partial charge is 0.264 e. The van der Waals surface area contributed by atoms with Crippen molar-refractivity contribution in [1.82, 2.24) is 4.90 Å². The molecule has 1 fully saturated rings. The standard InChI is InChI=1S/C29H26BrN3O2S/c30-26-19-22(17-21-5-2-1-3-6-21)18-23(28(26)34)20-31-24-8-10-25(11-9-24)32-12-14-33(15-13-32)29(35)27-7-4-16-36-27/h1-11,16,18-20,34H,12-15,17H2. The summed E-state index contributed by atoms with van der Waals surface area (Å²) in [6, 6.07) is 25.9. The van der Waals surface area contributed by atoms with Crippen LogP contribution in [0.4, 0.5) is 11.4 Å². The average Bonchev–Trinajstić information content (AvgIpc) is 3.46. The molecule has 7 heteroatoms. The minimum atomic E-state index is -0.0633. The number of rotatable bonds is 6. The van der Waals surface area contributed by atoms with Gasteiger partial charge in [0.15, 0.2) is 0 Å². The fraction of sp³-hybridized carbons (Fsp3) is 0.172. The van der Waals surface area contributed by atoms with Crippen molar-refractivity contribution in [3.63, 3.8) is 0 Å². The molecular formula is C29H26BrN3O2S. The van der Waals surface area contributed by atoms with Crippen molar-refractivity contribution >= 4 is 50.8 Å². The summed E-state index contributed by atoms with van der Waals surface area (Å²) in [6.07, 6.45) is 2.41. The molecule has 4 aromatic rings. The molecule has 3 aromatic carbocycles. The zero-order chi connectivity index (χ0) is 24.9. The summed E-state index contributed by atoms with van der Waals surface area (Å²) in [5, 5.41) is 14.6. The van der Waals surface area contributed by atoms with Crippen molar-refractivity contribution in [1.29, 1.82) is 0 Å². The van der Waals surface area contributed by atoms with Crippen molar-refractivity contribution in [2.75, 3.05) is 26.2 Å². The molecule has 0 unspecified atom stereocenters. The number of nitrogens with zero attached hydrogens (tertiary/aromatic N) is 2. The van der Waals surface area contributed by atoms with E-state index in [2.05, 4.69) is 45.2 Å². The minimum absolute atomic E-state index is 0.0633. The Kier molecular flexibility index (Phi) is 7.60. The van der Waals surface area contributed by atoms with Gasteiger partial charge in [-0.1, -0.05) is 64.1 Å². The Labute approximate surface area is 223 Å². The molecule has 0 atom stereocenters. The molecule has 1 aromatic heterocycles. The van der Waals surface area contributed by atoms with Gasteiger partial charge in [0.25, 0.3) is 5.91 Å². The number of aliphatic imine (C=N–C) groups is 1. The third kappa shape index (κ3) is 5.75. The van der Waals surface area contributed by atoms with Gasteiger partial charge in [-0.2, -0.15) is 0 Å². The summed E-state index contributed by atoms with van der Waals surface area (Å²) in [7, 11) is 0. The van der Waals surface area contributed by atoms with Crippen LogP contribution in [0.15, 0.2) is 93.7 Å². The lowest BCUT2D eigenvalue weighted by atomic mass is 10.0. The molecule has 5 rings (SSSR count). The topological polar surface area (TPSA) is 60.2 Å². The third-order valence-corrected chi connectivity index (χ3v) is 7.84. The Morgan fingerprint density at radius 2 is 1.75 bits per heavy atom. The van der Waals surface area contributed by atoms with Crippen molar-refractivity contribution in [3.8, 4) is 5.75 Å². The van der Waals surface area contributed by atoms with Crippen LogP contribution in [0.1, 0.15) is 26.4 Å². The average molecular weight is 561 g/mol. The van der Waals surface area contributed by atoms with E-state index < -0.39 is 0 Å². The molecule has 2 heterocycles. The molecule has 0 spiro atoms. The van der Waals surface area contributed by atoms with E-state index in [1.165, 1.54) is 27.5 Å². The number of carbonyl (C=O) groups is 1. The normalized spacial score (nSPS) is 14.4. The third-order valence-electron chi connectivity index (χ3n) is 6.40. The fourth-order valence-electron chi connectivity index (χ4n) is 4.45. The monoisotopic (exact) mass is 559 g/mol. The zero-order valence-electron chi connectivity index (χ0n) is 19.7. The van der Waals surface area contributed by atoms with E-state index in [1.54, 1.807) is 6.21 Å². The Morgan fingerprint density at radius 1 is 1.00 bits per heavy atom. The molecule has 0 saturated carbocycles. The van der Waals surface area contributed by atoms with Crippen LogP contribution in [-0.4, -0.2) is 43.2 Å². The largest absolute Gasteiger partial charge is 0.871 e. The fourth-order valence-corrected chi connectivity index (χ4v) is 5.67. The molecular weight excluding hydrogens is 534 g/mol. The van der Waals surface area contributed by atoms with Crippen LogP contribution in [0.3, 0.4) is 0 Å². The number of benzene rings is 3. The molecule has 182 valence electrons. The first-order valence-electron chi connectivity index (χ1n) is 11.9. The summed E-state index contributed by atoms with van der Waals surface area (Å²) >= 11 is 4.91. The second kappa shape index (κ2) is 11.2. The predicted molar refractivity (Wildman–Crippen MR) is 147 cm³/mol. The van der Waals surface area contributed by atoms with Crippen LogP contribution in [0.2, 0.25) is 0 Å². The molecule has 1 amide bonds. The number of hydrogen-bond donors (Lipinski definition) is 1. The van der Waals surface area contributed by atoms with E-state index in [1.807, 2.05) is 64.9 Å². The van der Waals surface area contributed by atoms with Gasteiger partial charge in [-0.3, -0.25) is 14.7 Å². The maximum absolute atomic E-state index is 12.6. The number of thiophene rings is 1. The molecule has 1 N–H and O–H groups in total. The maximum Gasteiger partial charge on any atom is 0.264 e. The van der Waals surface area contributed by atoms with Crippen LogP contribution in [0.5, 0.6) is 5.75 Å². The van der Waals surface area contributed by atoms with E-state index >= 15 is 0 Å². The van der Waals surface area contributed by atoms with Gasteiger partial charge in [0.2, 0.25) is 0 Å². The number of amides is 1. The molecule has 1 aliphatic heterocycles. The van der Waals surface area contributed by atoms with Gasteiger partial charge in [0.05, 0.1) is 36.7 Å². The molecule has 5 nitrogen and oxygen atoms in total. The molecule has 36 heavy (non-hydrogen) atoms. The van der Waals surface area contributed by atoms with Crippen LogP contribution in [0.25, 0.3) is 0 Å². The lowest BCUT2D eigenvalue weighted by Crippen LogP contribution is -3.10. The Hall–Kier alpha value is -3.26. The summed E-state index contributed by atoms with van der Waals surface area (Å²) in [6.45, 7) is 3.24. The van der Waals surface area contributed by atoms with E-state index in [0.717, 1.165) is 48.7 Å². The SMILES string of the molecule is O=C(c1cccs1)N1CC[NH+](c2ccc(N=Cc3cc(Cc4ccccc4)cc(Br)c3[O-])cc2)CC1. The van der Waals surface area contributed by atoms with Gasteiger partial charge in [-0.25, -0.2) is 0 Å². The quantitative estimate of drug-likeness (QED) is 0.351. The number of halogens is 1. The summed E-state index contributed by atoms with van der Waals surface area (Å²) in [5.74, 6) is 0.0672. The van der Waals surface area contributed by atoms with Crippen LogP contribution in [-0.2, 0) is 6.42 Å². The second-order valence-electron chi connectivity index (χ2n) is 8.84. The van der Waals surface area contributed by atoms with Crippen molar-refractivity contribution < 1.29 is 14.8 Å². The summed E-state index contributed by atoms with van der Waals surface area (Å²) in [5.41, 5.74) is 4.81. The Morgan fingerprint density at radius 3 is 2.44 bits per heavy atom. The maximum atomic E-state index is 12.6. The highest BCUT2D eigenvalue weighted by atomic mass is 79.9. The van der Waals surface area contributed by atoms with Gasteiger partial charge >= 0.3 is 0 Å². The number of hydrogen-bond acceptors (Lipinski definition) is 4. The van der Waals surface area contributed by atoms with Crippen LogP contribution < -0.4 is 10.0 Å². The molecule has 1 aliphatic rings. The summed E-state index contributed by atoms with van der Waals surface area (Å²) < 4.78 is 0.549. The number of quaternary nitrogens is 1. The Bertz CT molecular complexity index is 1350. The number of carbonyl (C=O) groups excluding carboxylic acids is 1. The highest BCUT2D eigenvalue weighted by Gasteiger charge is 2.26. The molecule has 0 aliphatic carbocycles. The minimum Gasteiger partial charge on any atom is -0.871 e. The highest BCUT2D eigenvalue weighted by Crippen LogP contribution is 2.28. The number of piperazine rings is 1. The van der Waals surface area contributed by atoms with Crippen LogP contribution in [0, 0.1) is 0 Å². The van der Waals surface area contributed by atoms with Gasteiger partial charge in [0, 0.05) is 22.8 Å². The zero-order valence-corrected chi connectivity index (χ0v) is 22.1. The Balaban J connectivity index is 1.23.